The van der Waals surface area contributed by atoms with Gasteiger partial charge in [-0.2, -0.15) is 4.98 Å². The monoisotopic (exact) mass is 705 g/mol. The van der Waals surface area contributed by atoms with Crippen molar-refractivity contribution >= 4 is 30.0 Å². The number of carboxylic acids is 1. The number of nitrogens with one attached hydrogen (secondary N) is 3. The lowest BCUT2D eigenvalue weighted by molar-refractivity contribution is -0.0376. The molecule has 0 saturated heterocycles. The molecule has 1 amide bonds. The smallest absolute Gasteiger partial charge is 0.407 e. The number of hydrogen-bond acceptors (Lipinski definition) is 9. The highest BCUT2D eigenvalue weighted by Crippen LogP contribution is 2.56. The molecule has 4 N–H and O–H groups in total. The average molecular weight is 706 g/mol. The van der Waals surface area contributed by atoms with Crippen LogP contribution < -0.4 is 20.1 Å². The number of benzene rings is 2. The van der Waals surface area contributed by atoms with Gasteiger partial charge in [-0.15, -0.1) is 0 Å². The Balaban J connectivity index is 0.00000276. The van der Waals surface area contributed by atoms with Crippen LogP contribution in [-0.4, -0.2) is 57.5 Å². The van der Waals surface area contributed by atoms with Crippen LogP contribution in [0.5, 0.6) is 5.88 Å². The molecule has 1 heterocycles. The zero-order chi connectivity index (χ0) is 36.6. The van der Waals surface area contributed by atoms with Crippen molar-refractivity contribution in [2.75, 3.05) is 11.3 Å². The first-order valence-corrected chi connectivity index (χ1v) is 18.6. The number of carbonyl (C=O) groups excluding carboxylic acids is 1. The molecule has 1 atom stereocenters. The van der Waals surface area contributed by atoms with E-state index in [9.17, 15) is 14.7 Å². The SMILES string of the molecule is CC.Cc1cccc(C)c1-c1cc(OCC(CC(C)C)NC2CC3(CC(NC(=O)OC(C)(C)C)C3)C2)nc(NSc2cccc(C(=O)O)c2)n1. The molecular weight excluding hydrogens is 651 g/mol. The van der Waals surface area contributed by atoms with Crippen molar-refractivity contribution in [3.63, 3.8) is 0 Å². The van der Waals surface area contributed by atoms with E-state index < -0.39 is 11.6 Å². The number of alkyl carbamates (subject to hydrolysis) is 1. The van der Waals surface area contributed by atoms with Crippen LogP contribution in [0.1, 0.15) is 102 Å². The minimum absolute atomic E-state index is 0.145. The molecule has 1 spiro atoms. The second-order valence-electron chi connectivity index (χ2n) is 14.9. The summed E-state index contributed by atoms with van der Waals surface area (Å²) in [5, 5.41) is 16.3. The summed E-state index contributed by atoms with van der Waals surface area (Å²) in [6.45, 7) is 18.7. The van der Waals surface area contributed by atoms with Crippen molar-refractivity contribution < 1.29 is 24.2 Å². The van der Waals surface area contributed by atoms with Crippen molar-refractivity contribution in [2.45, 2.75) is 123 Å². The predicted molar refractivity (Wildman–Crippen MR) is 201 cm³/mol. The van der Waals surface area contributed by atoms with Crippen LogP contribution in [0.4, 0.5) is 10.7 Å². The van der Waals surface area contributed by atoms with E-state index in [-0.39, 0.29) is 23.7 Å². The van der Waals surface area contributed by atoms with Gasteiger partial charge in [0.2, 0.25) is 11.8 Å². The molecular formula is C39H55N5O5S. The molecule has 0 radical (unpaired) electrons. The van der Waals surface area contributed by atoms with Crippen molar-refractivity contribution in [2.24, 2.45) is 11.3 Å². The number of carboxylic acid groups (broad SMARTS) is 1. The van der Waals surface area contributed by atoms with Gasteiger partial charge in [0.25, 0.3) is 0 Å². The van der Waals surface area contributed by atoms with E-state index in [1.54, 1.807) is 18.2 Å². The van der Waals surface area contributed by atoms with Crippen LogP contribution in [0, 0.1) is 25.2 Å². The lowest BCUT2D eigenvalue weighted by Crippen LogP contribution is -2.62. The summed E-state index contributed by atoms with van der Waals surface area (Å²) in [5.41, 5.74) is 4.01. The molecule has 11 heteroatoms. The molecule has 1 aromatic heterocycles. The van der Waals surface area contributed by atoms with E-state index in [0.717, 1.165) is 59.4 Å². The zero-order valence-corrected chi connectivity index (χ0v) is 31.9. The van der Waals surface area contributed by atoms with Gasteiger partial charge < -0.3 is 25.2 Å². The quantitative estimate of drug-likeness (QED) is 0.128. The number of amides is 1. The molecule has 10 nitrogen and oxygen atoms in total. The summed E-state index contributed by atoms with van der Waals surface area (Å²) in [7, 11) is 0. The fraction of sp³-hybridized carbons (Fsp3) is 0.538. The van der Waals surface area contributed by atoms with Crippen LogP contribution in [0.2, 0.25) is 0 Å². The largest absolute Gasteiger partial charge is 0.478 e. The van der Waals surface area contributed by atoms with E-state index in [4.69, 9.17) is 19.4 Å². The Morgan fingerprint density at radius 1 is 0.980 bits per heavy atom. The van der Waals surface area contributed by atoms with Crippen molar-refractivity contribution in [3.8, 4) is 17.1 Å². The summed E-state index contributed by atoms with van der Waals surface area (Å²) < 4.78 is 15.0. The highest BCUT2D eigenvalue weighted by Gasteiger charge is 2.53. The van der Waals surface area contributed by atoms with E-state index in [2.05, 4.69) is 55.2 Å². The lowest BCUT2D eigenvalue weighted by atomic mass is 9.52. The van der Waals surface area contributed by atoms with Crippen LogP contribution >= 0.6 is 11.9 Å². The Morgan fingerprint density at radius 2 is 1.62 bits per heavy atom. The molecule has 2 aromatic carbocycles. The summed E-state index contributed by atoms with van der Waals surface area (Å²) in [6, 6.07) is 15.5. The molecule has 2 saturated carbocycles. The predicted octanol–water partition coefficient (Wildman–Crippen LogP) is 8.82. The number of carbonyl (C=O) groups is 2. The Morgan fingerprint density at radius 3 is 2.24 bits per heavy atom. The van der Waals surface area contributed by atoms with Crippen molar-refractivity contribution in [1.29, 1.82) is 0 Å². The maximum absolute atomic E-state index is 12.2. The number of aromatic nitrogens is 2. The fourth-order valence-corrected chi connectivity index (χ4v) is 7.59. The number of aromatic carboxylic acids is 1. The highest BCUT2D eigenvalue weighted by atomic mass is 32.2. The molecule has 3 aromatic rings. The molecule has 1 unspecified atom stereocenters. The zero-order valence-electron chi connectivity index (χ0n) is 31.1. The summed E-state index contributed by atoms with van der Waals surface area (Å²) in [4.78, 5) is 33.9. The number of aryl methyl sites for hydroxylation is 2. The number of rotatable bonds is 13. The molecule has 2 fully saturated rings. The molecule has 0 aliphatic heterocycles. The number of anilines is 1. The maximum atomic E-state index is 12.2. The molecule has 2 aliphatic carbocycles. The first-order valence-electron chi connectivity index (χ1n) is 17.8. The van der Waals surface area contributed by atoms with E-state index in [0.29, 0.717) is 35.8 Å². The molecule has 272 valence electrons. The Hall–Kier alpha value is -3.83. The van der Waals surface area contributed by atoms with Gasteiger partial charge in [0, 0.05) is 34.7 Å². The average Bonchev–Trinajstić information content (AvgIpc) is 3.00. The first kappa shape index (κ1) is 39.0. The number of ether oxygens (including phenoxy) is 2. The van der Waals surface area contributed by atoms with Gasteiger partial charge in [0.15, 0.2) is 0 Å². The minimum atomic E-state index is -0.977. The van der Waals surface area contributed by atoms with Crippen LogP contribution in [0.15, 0.2) is 53.4 Å². The Bertz CT molecular complexity index is 1590. The van der Waals surface area contributed by atoms with E-state index >= 15 is 0 Å². The topological polar surface area (TPSA) is 135 Å². The van der Waals surface area contributed by atoms with Gasteiger partial charge in [-0.3, -0.25) is 4.72 Å². The number of nitrogens with zero attached hydrogens (tertiary/aromatic N) is 2. The molecule has 50 heavy (non-hydrogen) atoms. The van der Waals surface area contributed by atoms with Crippen LogP contribution in [-0.2, 0) is 4.74 Å². The number of hydrogen-bond donors (Lipinski definition) is 4. The van der Waals surface area contributed by atoms with Gasteiger partial charge in [0.1, 0.15) is 12.2 Å². The highest BCUT2D eigenvalue weighted by molar-refractivity contribution is 8.00. The summed E-state index contributed by atoms with van der Waals surface area (Å²) in [6.07, 6.45) is 4.79. The van der Waals surface area contributed by atoms with E-state index in [1.165, 1.54) is 11.9 Å². The second-order valence-corrected chi connectivity index (χ2v) is 15.8. The third-order valence-corrected chi connectivity index (χ3v) is 9.65. The van der Waals surface area contributed by atoms with Gasteiger partial charge >= 0.3 is 12.1 Å². The van der Waals surface area contributed by atoms with Gasteiger partial charge in [-0.05, 0) is 119 Å². The molecule has 0 bridgehead atoms. The van der Waals surface area contributed by atoms with E-state index in [1.807, 2.05) is 52.8 Å². The second kappa shape index (κ2) is 16.9. The fourth-order valence-electron chi connectivity index (χ4n) is 6.96. The summed E-state index contributed by atoms with van der Waals surface area (Å²) >= 11 is 1.25. The van der Waals surface area contributed by atoms with Gasteiger partial charge in [0.05, 0.1) is 11.3 Å². The third-order valence-electron chi connectivity index (χ3n) is 8.88. The molecule has 5 rings (SSSR count). The normalized spacial score (nSPS) is 20.1. The van der Waals surface area contributed by atoms with Crippen LogP contribution in [0.25, 0.3) is 11.3 Å². The Labute approximate surface area is 302 Å². The Kier molecular flexibility index (Phi) is 13.2. The first-order chi connectivity index (χ1) is 23.7. The molecule has 2 aliphatic rings. The van der Waals surface area contributed by atoms with Crippen LogP contribution in [0.3, 0.4) is 0 Å². The summed E-state index contributed by atoms with van der Waals surface area (Å²) in [5.74, 6) is 0.359. The van der Waals surface area contributed by atoms with Gasteiger partial charge in [-0.1, -0.05) is 52.0 Å². The third kappa shape index (κ3) is 10.8. The van der Waals surface area contributed by atoms with Crippen molar-refractivity contribution in [1.82, 2.24) is 20.6 Å². The van der Waals surface area contributed by atoms with Crippen molar-refractivity contribution in [3.05, 3.63) is 65.2 Å². The lowest BCUT2D eigenvalue weighted by Gasteiger charge is -2.58. The minimum Gasteiger partial charge on any atom is -0.478 e. The maximum Gasteiger partial charge on any atom is 0.407 e. The standard InChI is InChI=1S/C37H49N5O5S.C2H6/c1-22(2)14-26(38-27-17-37(18-27)19-28(20-37)39-35(45)47-36(5,6)7)21-46-31-16-30(32-23(3)10-8-11-24(32)4)40-34(41-31)42-48-29-13-9-12-25(15-29)33(43)44;1-2/h8-13,15-16,22,26-28,38H,14,17-21H2,1-7H3,(H,39,45)(H,43,44)(H,40,41,42);1-2H3. The van der Waals surface area contributed by atoms with Gasteiger partial charge in [-0.25, -0.2) is 14.6 Å².